The Hall–Kier alpha value is -4.85. The molecule has 8 nitrogen and oxygen atoms in total. The number of carboxylic acids is 1. The molecule has 36 heavy (non-hydrogen) atoms. The molecular formula is C28H23N4O4-. The van der Waals surface area contributed by atoms with Gasteiger partial charge in [0.2, 0.25) is 0 Å². The Bertz CT molecular complexity index is 1580. The highest BCUT2D eigenvalue weighted by molar-refractivity contribution is 5.88. The van der Waals surface area contributed by atoms with E-state index in [0.717, 1.165) is 0 Å². The van der Waals surface area contributed by atoms with E-state index in [2.05, 4.69) is 10.2 Å². The number of aryl methyl sites for hydroxylation is 2. The van der Waals surface area contributed by atoms with Crippen LogP contribution in [-0.2, 0) is 0 Å². The van der Waals surface area contributed by atoms with Crippen LogP contribution in [0.5, 0.6) is 0 Å². The van der Waals surface area contributed by atoms with Gasteiger partial charge < -0.3 is 9.90 Å². The van der Waals surface area contributed by atoms with Crippen LogP contribution in [0.15, 0.2) is 94.5 Å². The van der Waals surface area contributed by atoms with Gasteiger partial charge >= 0.3 is 0 Å². The van der Waals surface area contributed by atoms with E-state index in [0.29, 0.717) is 28.3 Å². The van der Waals surface area contributed by atoms with E-state index in [1.54, 1.807) is 56.3 Å². The summed E-state index contributed by atoms with van der Waals surface area (Å²) in [5, 5.41) is 18.3. The number of carboxylic acid groups (broad SMARTS) is 1. The van der Waals surface area contributed by atoms with Gasteiger partial charge in [-0.25, -0.2) is 9.36 Å². The first-order chi connectivity index (χ1) is 17.4. The molecule has 0 unspecified atom stereocenters. The lowest BCUT2D eigenvalue weighted by Crippen LogP contribution is -2.29. The Morgan fingerprint density at radius 2 is 1.11 bits per heavy atom. The van der Waals surface area contributed by atoms with Crippen molar-refractivity contribution in [3.8, 4) is 11.4 Å². The molecule has 0 spiro atoms. The number of nitrogens with zero attached hydrogens (tertiary/aromatic N) is 2. The highest BCUT2D eigenvalue weighted by atomic mass is 16.4. The van der Waals surface area contributed by atoms with E-state index in [1.165, 1.54) is 15.4 Å². The summed E-state index contributed by atoms with van der Waals surface area (Å²) in [5.41, 5.74) is 2.33. The number of H-pyrrole nitrogens is 2. The van der Waals surface area contributed by atoms with Crippen molar-refractivity contribution in [2.75, 3.05) is 0 Å². The summed E-state index contributed by atoms with van der Waals surface area (Å²) in [6, 6.07) is 24.4. The van der Waals surface area contributed by atoms with Crippen molar-refractivity contribution < 1.29 is 9.90 Å². The first-order valence-corrected chi connectivity index (χ1v) is 11.4. The van der Waals surface area contributed by atoms with Crippen molar-refractivity contribution in [2.24, 2.45) is 0 Å². The summed E-state index contributed by atoms with van der Waals surface area (Å²) in [6.07, 6.45) is 0. The van der Waals surface area contributed by atoms with Crippen molar-refractivity contribution >= 4 is 5.97 Å². The molecule has 3 aromatic carbocycles. The zero-order chi connectivity index (χ0) is 25.4. The van der Waals surface area contributed by atoms with Gasteiger partial charge in [0, 0.05) is 22.9 Å². The highest BCUT2D eigenvalue weighted by Crippen LogP contribution is 2.34. The number of carbonyl (C=O) groups excluding carboxylic acids is 1. The number of aromatic nitrogens is 4. The van der Waals surface area contributed by atoms with Crippen LogP contribution in [-0.4, -0.2) is 25.5 Å². The molecule has 0 radical (unpaired) electrons. The van der Waals surface area contributed by atoms with Crippen LogP contribution in [0.2, 0.25) is 0 Å². The molecule has 0 amide bonds. The number of carbonyl (C=O) groups is 1. The maximum absolute atomic E-state index is 13.8. The van der Waals surface area contributed by atoms with E-state index < -0.39 is 11.9 Å². The molecule has 0 bridgehead atoms. The van der Waals surface area contributed by atoms with Gasteiger partial charge in [0.1, 0.15) is 0 Å². The van der Waals surface area contributed by atoms with Crippen LogP contribution < -0.4 is 16.2 Å². The minimum atomic E-state index is -1.39. The third-order valence-corrected chi connectivity index (χ3v) is 6.33. The SMILES string of the molecule is Cc1[nH]n(-c2ccccc2)c(=O)c1C(c1ccccc1C(=O)[O-])c1c(C)[nH]n(-c2ccccc2)c1=O. The minimum absolute atomic E-state index is 0.0833. The third-order valence-electron chi connectivity index (χ3n) is 6.33. The van der Waals surface area contributed by atoms with Crippen LogP contribution in [0.1, 0.15) is 44.4 Å². The fourth-order valence-electron chi connectivity index (χ4n) is 4.71. The molecule has 180 valence electrons. The fourth-order valence-corrected chi connectivity index (χ4v) is 4.71. The minimum Gasteiger partial charge on any atom is -0.545 e. The van der Waals surface area contributed by atoms with Crippen molar-refractivity contribution in [3.63, 3.8) is 0 Å². The molecule has 0 aliphatic carbocycles. The Morgan fingerprint density at radius 1 is 0.694 bits per heavy atom. The summed E-state index contributed by atoms with van der Waals surface area (Å²) in [6.45, 7) is 3.48. The van der Waals surface area contributed by atoms with Gasteiger partial charge in [-0.05, 0) is 43.7 Å². The predicted molar refractivity (Wildman–Crippen MR) is 134 cm³/mol. The van der Waals surface area contributed by atoms with E-state index in [1.807, 2.05) is 36.4 Å². The summed E-state index contributed by atoms with van der Waals surface area (Å²) >= 11 is 0. The average molecular weight is 480 g/mol. The van der Waals surface area contributed by atoms with Crippen LogP contribution >= 0.6 is 0 Å². The van der Waals surface area contributed by atoms with E-state index in [-0.39, 0.29) is 27.8 Å². The predicted octanol–water partition coefficient (Wildman–Crippen LogP) is 2.81. The molecule has 0 saturated heterocycles. The Morgan fingerprint density at radius 3 is 1.56 bits per heavy atom. The van der Waals surface area contributed by atoms with Gasteiger partial charge in [-0.2, -0.15) is 0 Å². The maximum atomic E-state index is 13.8. The van der Waals surface area contributed by atoms with Crippen LogP contribution in [0, 0.1) is 13.8 Å². The second-order valence-corrected chi connectivity index (χ2v) is 8.56. The number of hydrogen-bond acceptors (Lipinski definition) is 4. The zero-order valence-corrected chi connectivity index (χ0v) is 19.7. The van der Waals surface area contributed by atoms with Crippen molar-refractivity contribution in [2.45, 2.75) is 19.8 Å². The topological polar surface area (TPSA) is 116 Å². The standard InChI is InChI=1S/C28H24N4O4/c1-17-23(26(33)31(29-17)19-11-5-3-6-12-19)25(21-15-9-10-16-22(21)28(35)36)24-18(2)30-32(27(24)34)20-13-7-4-8-14-20/h3-16,25,29-30H,1-2H3,(H,35,36)/p-1. The van der Waals surface area contributed by atoms with Gasteiger partial charge in [-0.3, -0.25) is 19.8 Å². The average Bonchev–Trinajstić information content (AvgIpc) is 3.36. The number of para-hydroxylation sites is 2. The van der Waals surface area contributed by atoms with E-state index in [9.17, 15) is 19.5 Å². The molecule has 0 aliphatic heterocycles. The van der Waals surface area contributed by atoms with Crippen molar-refractivity contribution in [3.05, 3.63) is 139 Å². The number of rotatable bonds is 6. The van der Waals surface area contributed by atoms with Gasteiger partial charge in [0.25, 0.3) is 11.1 Å². The fraction of sp³-hybridized carbons (Fsp3) is 0.107. The molecule has 2 N–H and O–H groups in total. The first kappa shape index (κ1) is 22.9. The van der Waals surface area contributed by atoms with Crippen LogP contribution in [0.25, 0.3) is 11.4 Å². The van der Waals surface area contributed by atoms with Crippen molar-refractivity contribution in [1.82, 2.24) is 19.6 Å². The number of benzene rings is 3. The number of nitrogens with one attached hydrogen (secondary N) is 2. The molecule has 5 aromatic rings. The zero-order valence-electron chi connectivity index (χ0n) is 19.7. The summed E-state index contributed by atoms with van der Waals surface area (Å²) < 4.78 is 2.80. The molecule has 0 fully saturated rings. The largest absolute Gasteiger partial charge is 0.545 e. The second kappa shape index (κ2) is 9.07. The number of hydrogen-bond donors (Lipinski definition) is 2. The molecule has 2 heterocycles. The third kappa shape index (κ3) is 3.78. The molecule has 0 atom stereocenters. The molecule has 8 heteroatoms. The van der Waals surface area contributed by atoms with Gasteiger partial charge in [0.15, 0.2) is 0 Å². The van der Waals surface area contributed by atoms with Gasteiger partial charge in [0.05, 0.1) is 28.5 Å². The highest BCUT2D eigenvalue weighted by Gasteiger charge is 2.32. The molecule has 2 aromatic heterocycles. The van der Waals surface area contributed by atoms with Gasteiger partial charge in [-0.15, -0.1) is 0 Å². The summed E-state index contributed by atoms with van der Waals surface area (Å²) in [4.78, 5) is 39.7. The van der Waals surface area contributed by atoms with Crippen molar-refractivity contribution in [1.29, 1.82) is 0 Å². The smallest absolute Gasteiger partial charge is 0.275 e. The molecule has 0 saturated carbocycles. The van der Waals surface area contributed by atoms with Crippen LogP contribution in [0.4, 0.5) is 0 Å². The first-order valence-electron chi connectivity index (χ1n) is 11.4. The molecule has 5 rings (SSSR count). The number of aromatic amines is 2. The monoisotopic (exact) mass is 479 g/mol. The quantitative estimate of drug-likeness (QED) is 0.390. The summed E-state index contributed by atoms with van der Waals surface area (Å²) in [5.74, 6) is -2.34. The summed E-state index contributed by atoms with van der Waals surface area (Å²) in [7, 11) is 0. The normalized spacial score (nSPS) is 11.2. The molecule has 0 aliphatic rings. The lowest BCUT2D eigenvalue weighted by Gasteiger charge is -2.20. The Balaban J connectivity index is 1.83. The van der Waals surface area contributed by atoms with E-state index in [4.69, 9.17) is 0 Å². The van der Waals surface area contributed by atoms with Gasteiger partial charge in [-0.1, -0.05) is 60.7 Å². The molecular weight excluding hydrogens is 456 g/mol. The lowest BCUT2D eigenvalue weighted by molar-refractivity contribution is -0.255. The Labute approximate surface area is 206 Å². The van der Waals surface area contributed by atoms with Crippen LogP contribution in [0.3, 0.4) is 0 Å². The number of aromatic carboxylic acids is 1. The Kier molecular flexibility index (Phi) is 5.77. The second-order valence-electron chi connectivity index (χ2n) is 8.56. The van der Waals surface area contributed by atoms with E-state index >= 15 is 0 Å². The maximum Gasteiger partial charge on any atom is 0.275 e. The lowest BCUT2D eigenvalue weighted by atomic mass is 9.83.